The first-order valence-electron chi connectivity index (χ1n) is 5.57. The number of anilines is 3. The molecule has 3 aromatic rings. The lowest BCUT2D eigenvalue weighted by Crippen LogP contribution is -1.95. The molecular formula is C13H10BrN3O2. The topological polar surface area (TPSA) is 84.0 Å². The molecule has 0 atom stereocenters. The molecule has 1 heterocycles. The Hall–Kier alpha value is -2.21. The molecular weight excluding hydrogens is 310 g/mol. The van der Waals surface area contributed by atoms with Crippen LogP contribution < -0.4 is 16.8 Å². The Morgan fingerprint density at radius 3 is 2.84 bits per heavy atom. The first-order chi connectivity index (χ1) is 9.11. The first-order valence-corrected chi connectivity index (χ1v) is 6.36. The number of halogens is 1. The summed E-state index contributed by atoms with van der Waals surface area (Å²) in [5.41, 5.74) is 9.30. The van der Waals surface area contributed by atoms with Gasteiger partial charge in [-0.1, -0.05) is 15.9 Å². The molecule has 0 aliphatic heterocycles. The molecule has 0 unspecified atom stereocenters. The van der Waals surface area contributed by atoms with Crippen LogP contribution in [0.2, 0.25) is 0 Å². The van der Waals surface area contributed by atoms with Crippen molar-refractivity contribution in [2.75, 3.05) is 11.1 Å². The van der Waals surface area contributed by atoms with Crippen LogP contribution in [0.5, 0.6) is 0 Å². The van der Waals surface area contributed by atoms with Crippen molar-refractivity contribution >= 4 is 44.1 Å². The van der Waals surface area contributed by atoms with Crippen LogP contribution in [0.4, 0.5) is 17.1 Å². The number of rotatable bonds is 2. The van der Waals surface area contributed by atoms with Crippen molar-refractivity contribution in [2.24, 2.45) is 0 Å². The van der Waals surface area contributed by atoms with Crippen LogP contribution in [-0.2, 0) is 0 Å². The summed E-state index contributed by atoms with van der Waals surface area (Å²) in [6.45, 7) is 0. The molecule has 96 valence electrons. The third-order valence-electron chi connectivity index (χ3n) is 2.71. The summed E-state index contributed by atoms with van der Waals surface area (Å²) in [5, 5.41) is 3.18. The number of oxazole rings is 1. The maximum absolute atomic E-state index is 11.1. The summed E-state index contributed by atoms with van der Waals surface area (Å²) in [4.78, 5) is 13.7. The molecule has 0 bridgehead atoms. The predicted molar refractivity (Wildman–Crippen MR) is 78.7 cm³/mol. The minimum Gasteiger partial charge on any atom is -0.408 e. The fraction of sp³-hybridized carbons (Fsp3) is 0. The highest BCUT2D eigenvalue weighted by molar-refractivity contribution is 9.10. The van der Waals surface area contributed by atoms with E-state index in [0.717, 1.165) is 15.8 Å². The molecule has 2 aromatic carbocycles. The van der Waals surface area contributed by atoms with Gasteiger partial charge >= 0.3 is 5.76 Å². The van der Waals surface area contributed by atoms with Crippen molar-refractivity contribution in [2.45, 2.75) is 0 Å². The van der Waals surface area contributed by atoms with Gasteiger partial charge in [-0.3, -0.25) is 4.98 Å². The minimum absolute atomic E-state index is 0.463. The van der Waals surface area contributed by atoms with Crippen molar-refractivity contribution in [3.05, 3.63) is 51.4 Å². The summed E-state index contributed by atoms with van der Waals surface area (Å²) < 4.78 is 5.92. The monoisotopic (exact) mass is 319 g/mol. The highest BCUT2D eigenvalue weighted by atomic mass is 79.9. The van der Waals surface area contributed by atoms with E-state index >= 15 is 0 Å². The average Bonchev–Trinajstić information content (AvgIpc) is 2.72. The fourth-order valence-corrected chi connectivity index (χ4v) is 2.20. The molecule has 0 radical (unpaired) electrons. The zero-order chi connectivity index (χ0) is 13.4. The van der Waals surface area contributed by atoms with E-state index in [1.54, 1.807) is 12.1 Å². The van der Waals surface area contributed by atoms with E-state index in [4.69, 9.17) is 10.2 Å². The molecule has 1 aromatic heterocycles. The molecule has 5 nitrogen and oxygen atoms in total. The number of hydrogen-bond acceptors (Lipinski definition) is 4. The van der Waals surface area contributed by atoms with Gasteiger partial charge in [0.15, 0.2) is 5.58 Å². The third-order valence-corrected chi connectivity index (χ3v) is 3.21. The van der Waals surface area contributed by atoms with Gasteiger partial charge in [-0.05, 0) is 30.3 Å². The number of benzene rings is 2. The number of aromatic nitrogens is 1. The normalized spacial score (nSPS) is 10.8. The lowest BCUT2D eigenvalue weighted by Gasteiger charge is -2.09. The van der Waals surface area contributed by atoms with Gasteiger partial charge in [-0.25, -0.2) is 4.79 Å². The molecule has 6 heteroatoms. The molecule has 0 saturated carbocycles. The summed E-state index contributed by atoms with van der Waals surface area (Å²) in [6.07, 6.45) is 0. The standard InChI is InChI=1S/C13H10BrN3O2/c14-7-1-3-10(9(15)5-7)16-8-2-4-11-12(6-8)19-13(18)17-11/h1-6,16H,15H2,(H,17,18). The lowest BCUT2D eigenvalue weighted by atomic mass is 10.2. The van der Waals surface area contributed by atoms with E-state index in [1.807, 2.05) is 24.3 Å². The van der Waals surface area contributed by atoms with Crippen molar-refractivity contribution in [3.8, 4) is 0 Å². The van der Waals surface area contributed by atoms with E-state index < -0.39 is 5.76 Å². The first kappa shape index (κ1) is 11.9. The molecule has 0 fully saturated rings. The van der Waals surface area contributed by atoms with E-state index in [-0.39, 0.29) is 0 Å². The van der Waals surface area contributed by atoms with Crippen LogP contribution in [0.25, 0.3) is 11.1 Å². The van der Waals surface area contributed by atoms with Gasteiger partial charge in [-0.2, -0.15) is 0 Å². The van der Waals surface area contributed by atoms with Gasteiger partial charge in [0.2, 0.25) is 0 Å². The SMILES string of the molecule is Nc1cc(Br)ccc1Nc1ccc2[nH]c(=O)oc2c1. The zero-order valence-corrected chi connectivity index (χ0v) is 11.3. The van der Waals surface area contributed by atoms with E-state index in [1.165, 1.54) is 0 Å². The fourth-order valence-electron chi connectivity index (χ4n) is 1.83. The smallest absolute Gasteiger partial charge is 0.408 e. The van der Waals surface area contributed by atoms with Crippen LogP contribution in [0, 0.1) is 0 Å². The second-order valence-electron chi connectivity index (χ2n) is 4.08. The van der Waals surface area contributed by atoms with E-state index in [0.29, 0.717) is 16.8 Å². The maximum Gasteiger partial charge on any atom is 0.417 e. The number of nitrogens with two attached hydrogens (primary N) is 1. The molecule has 4 N–H and O–H groups in total. The molecule has 0 aliphatic carbocycles. The number of nitrogen functional groups attached to an aromatic ring is 1. The zero-order valence-electron chi connectivity index (χ0n) is 9.74. The molecule has 3 rings (SSSR count). The Morgan fingerprint density at radius 2 is 2.05 bits per heavy atom. The van der Waals surface area contributed by atoms with Crippen LogP contribution in [0.3, 0.4) is 0 Å². The molecule has 0 saturated heterocycles. The number of nitrogens with one attached hydrogen (secondary N) is 2. The number of fused-ring (bicyclic) bond motifs is 1. The Morgan fingerprint density at radius 1 is 1.21 bits per heavy atom. The quantitative estimate of drug-likeness (QED) is 0.633. The van der Waals surface area contributed by atoms with Gasteiger partial charge in [0.05, 0.1) is 16.9 Å². The largest absolute Gasteiger partial charge is 0.417 e. The van der Waals surface area contributed by atoms with Gasteiger partial charge in [0, 0.05) is 16.2 Å². The summed E-state index contributed by atoms with van der Waals surface area (Å²) in [7, 11) is 0. The summed E-state index contributed by atoms with van der Waals surface area (Å²) in [6, 6.07) is 10.9. The number of hydrogen-bond donors (Lipinski definition) is 3. The summed E-state index contributed by atoms with van der Waals surface area (Å²) in [5.74, 6) is -0.463. The van der Waals surface area contributed by atoms with Gasteiger partial charge < -0.3 is 15.5 Å². The summed E-state index contributed by atoms with van der Waals surface area (Å²) >= 11 is 3.36. The number of H-pyrrole nitrogens is 1. The molecule has 0 aliphatic rings. The Kier molecular flexibility index (Phi) is 2.79. The Bertz CT molecular complexity index is 807. The van der Waals surface area contributed by atoms with Crippen LogP contribution in [0.15, 0.2) is 50.1 Å². The highest BCUT2D eigenvalue weighted by Gasteiger charge is 2.04. The Labute approximate surface area is 116 Å². The van der Waals surface area contributed by atoms with Crippen molar-refractivity contribution in [1.82, 2.24) is 4.98 Å². The minimum atomic E-state index is -0.463. The van der Waals surface area contributed by atoms with Crippen LogP contribution in [-0.4, -0.2) is 4.98 Å². The maximum atomic E-state index is 11.1. The van der Waals surface area contributed by atoms with Gasteiger partial charge in [0.25, 0.3) is 0 Å². The molecule has 19 heavy (non-hydrogen) atoms. The van der Waals surface area contributed by atoms with Crippen molar-refractivity contribution < 1.29 is 4.42 Å². The van der Waals surface area contributed by atoms with E-state index in [9.17, 15) is 4.79 Å². The third kappa shape index (κ3) is 2.34. The van der Waals surface area contributed by atoms with Gasteiger partial charge in [-0.15, -0.1) is 0 Å². The Balaban J connectivity index is 1.98. The van der Waals surface area contributed by atoms with E-state index in [2.05, 4.69) is 26.2 Å². The number of aromatic amines is 1. The average molecular weight is 320 g/mol. The molecule has 0 amide bonds. The highest BCUT2D eigenvalue weighted by Crippen LogP contribution is 2.27. The lowest BCUT2D eigenvalue weighted by molar-refractivity contribution is 0.555. The second-order valence-corrected chi connectivity index (χ2v) is 5.00. The van der Waals surface area contributed by atoms with Crippen LogP contribution in [0.1, 0.15) is 0 Å². The van der Waals surface area contributed by atoms with Crippen LogP contribution >= 0.6 is 15.9 Å². The molecule has 0 spiro atoms. The van der Waals surface area contributed by atoms with Gasteiger partial charge in [0.1, 0.15) is 0 Å². The van der Waals surface area contributed by atoms with Crippen molar-refractivity contribution in [3.63, 3.8) is 0 Å². The predicted octanol–water partition coefficient (Wildman–Crippen LogP) is 3.21. The van der Waals surface area contributed by atoms with Crippen molar-refractivity contribution in [1.29, 1.82) is 0 Å². The second kappa shape index (κ2) is 4.47.